The molecule has 0 bridgehead atoms. The van der Waals surface area contributed by atoms with Crippen LogP contribution < -0.4 is 10.2 Å². The third kappa shape index (κ3) is 3.82. The van der Waals surface area contributed by atoms with Gasteiger partial charge in [0.1, 0.15) is 18.2 Å². The van der Waals surface area contributed by atoms with Gasteiger partial charge in [-0.2, -0.15) is 0 Å². The molecule has 0 radical (unpaired) electrons. The lowest BCUT2D eigenvalue weighted by molar-refractivity contribution is 0.128. The molecule has 0 aliphatic carbocycles. The highest BCUT2D eigenvalue weighted by molar-refractivity contribution is 5.49. The molecule has 0 aromatic carbocycles. The Hall–Kier alpha value is -1.36. The van der Waals surface area contributed by atoms with Crippen molar-refractivity contribution in [2.24, 2.45) is 5.92 Å². The van der Waals surface area contributed by atoms with Gasteiger partial charge in [-0.05, 0) is 25.7 Å². The van der Waals surface area contributed by atoms with E-state index in [1.165, 1.54) is 19.3 Å². The summed E-state index contributed by atoms with van der Waals surface area (Å²) in [7, 11) is 1.89. The maximum absolute atomic E-state index is 5.42. The van der Waals surface area contributed by atoms with Gasteiger partial charge in [0.2, 0.25) is 0 Å². The number of nitrogens with zero attached hydrogens (tertiary/aromatic N) is 3. The number of rotatable bonds is 6. The fourth-order valence-electron chi connectivity index (χ4n) is 2.60. The van der Waals surface area contributed by atoms with Crippen molar-refractivity contribution in [2.75, 3.05) is 37.0 Å². The number of ether oxygens (including phenoxy) is 1. The molecule has 1 fully saturated rings. The lowest BCUT2D eigenvalue weighted by Gasteiger charge is -2.32. The predicted molar refractivity (Wildman–Crippen MR) is 82.1 cm³/mol. The molecule has 0 amide bonds. The molecule has 1 aliphatic rings. The van der Waals surface area contributed by atoms with E-state index in [1.807, 2.05) is 20.0 Å². The van der Waals surface area contributed by atoms with E-state index in [0.29, 0.717) is 13.2 Å². The number of nitrogens with one attached hydrogen (secondary N) is 1. The number of anilines is 2. The van der Waals surface area contributed by atoms with Crippen molar-refractivity contribution in [3.63, 3.8) is 0 Å². The molecule has 0 unspecified atom stereocenters. The molecule has 5 heteroatoms. The van der Waals surface area contributed by atoms with Crippen LogP contribution in [-0.4, -0.2) is 36.7 Å². The first-order valence-corrected chi connectivity index (χ1v) is 7.65. The van der Waals surface area contributed by atoms with Gasteiger partial charge >= 0.3 is 0 Å². The molecule has 112 valence electrons. The Kier molecular flexibility index (Phi) is 5.59. The van der Waals surface area contributed by atoms with Gasteiger partial charge in [-0.3, -0.25) is 0 Å². The molecule has 1 N–H and O–H groups in total. The Labute approximate surface area is 121 Å². The minimum atomic E-state index is 0.477. The largest absolute Gasteiger partial charge is 0.374 e. The van der Waals surface area contributed by atoms with Crippen molar-refractivity contribution >= 4 is 11.6 Å². The fraction of sp³-hybridized carbons (Fsp3) is 0.733. The molecule has 0 atom stereocenters. The molecule has 2 rings (SSSR count). The molecular weight excluding hydrogens is 252 g/mol. The summed E-state index contributed by atoms with van der Waals surface area (Å²) >= 11 is 0. The van der Waals surface area contributed by atoms with Gasteiger partial charge in [-0.25, -0.2) is 9.97 Å². The van der Waals surface area contributed by atoms with Crippen LogP contribution in [0.2, 0.25) is 0 Å². The van der Waals surface area contributed by atoms with Gasteiger partial charge in [0.15, 0.2) is 5.82 Å². The zero-order valence-electron chi connectivity index (χ0n) is 12.9. The average molecular weight is 278 g/mol. The summed E-state index contributed by atoms with van der Waals surface area (Å²) in [5.74, 6) is 3.52. The van der Waals surface area contributed by atoms with Gasteiger partial charge in [0, 0.05) is 32.8 Å². The summed E-state index contributed by atoms with van der Waals surface area (Å²) in [5.41, 5.74) is 0. The minimum Gasteiger partial charge on any atom is -0.374 e. The molecular formula is C15H26N4O. The maximum Gasteiger partial charge on any atom is 0.158 e. The monoisotopic (exact) mass is 278 g/mol. The maximum atomic E-state index is 5.42. The van der Waals surface area contributed by atoms with Gasteiger partial charge in [0.25, 0.3) is 0 Å². The molecule has 0 spiro atoms. The third-order valence-corrected chi connectivity index (χ3v) is 3.97. The van der Waals surface area contributed by atoms with Crippen LogP contribution in [0.4, 0.5) is 11.6 Å². The summed E-state index contributed by atoms with van der Waals surface area (Å²) in [5, 5.41) is 3.11. The lowest BCUT2D eigenvalue weighted by atomic mass is 9.94. The van der Waals surface area contributed by atoms with Crippen molar-refractivity contribution < 1.29 is 4.74 Å². The molecule has 1 aliphatic heterocycles. The van der Waals surface area contributed by atoms with Crippen molar-refractivity contribution in [3.8, 4) is 0 Å². The second-order valence-electron chi connectivity index (χ2n) is 5.25. The van der Waals surface area contributed by atoms with Gasteiger partial charge in [0.05, 0.1) is 0 Å². The molecule has 1 aromatic rings. The molecule has 2 heterocycles. The van der Waals surface area contributed by atoms with E-state index in [0.717, 1.165) is 36.5 Å². The van der Waals surface area contributed by atoms with Crippen molar-refractivity contribution in [1.29, 1.82) is 0 Å². The first kappa shape index (κ1) is 15.0. The molecule has 0 saturated carbocycles. The minimum absolute atomic E-state index is 0.477. The predicted octanol–water partition coefficient (Wildman–Crippen LogP) is 2.68. The fourth-order valence-corrected chi connectivity index (χ4v) is 2.60. The van der Waals surface area contributed by atoms with Crippen LogP contribution in [0.25, 0.3) is 0 Å². The van der Waals surface area contributed by atoms with Crippen LogP contribution >= 0.6 is 0 Å². The summed E-state index contributed by atoms with van der Waals surface area (Å²) in [6.07, 6.45) is 3.81. The Balaban J connectivity index is 2.10. The van der Waals surface area contributed by atoms with Crippen molar-refractivity contribution in [3.05, 3.63) is 11.9 Å². The highest BCUT2D eigenvalue weighted by Crippen LogP contribution is 2.25. The lowest BCUT2D eigenvalue weighted by Crippen LogP contribution is -2.34. The van der Waals surface area contributed by atoms with E-state index in [2.05, 4.69) is 27.1 Å². The van der Waals surface area contributed by atoms with Crippen LogP contribution in [0.5, 0.6) is 0 Å². The summed E-state index contributed by atoms with van der Waals surface area (Å²) in [6, 6.07) is 2.03. The summed E-state index contributed by atoms with van der Waals surface area (Å²) in [4.78, 5) is 11.4. The van der Waals surface area contributed by atoms with E-state index >= 15 is 0 Å². The summed E-state index contributed by atoms with van der Waals surface area (Å²) < 4.78 is 5.42. The number of hydrogen-bond donors (Lipinski definition) is 1. The van der Waals surface area contributed by atoms with Crippen molar-refractivity contribution in [2.45, 2.75) is 39.7 Å². The Morgan fingerprint density at radius 2 is 2.05 bits per heavy atom. The van der Waals surface area contributed by atoms with E-state index in [-0.39, 0.29) is 0 Å². The van der Waals surface area contributed by atoms with E-state index in [1.54, 1.807) is 0 Å². The van der Waals surface area contributed by atoms with Crippen LogP contribution in [0, 0.1) is 5.92 Å². The first-order chi connectivity index (χ1) is 9.76. The zero-order chi connectivity index (χ0) is 14.4. The number of piperidine rings is 1. The second kappa shape index (κ2) is 7.43. The van der Waals surface area contributed by atoms with E-state index in [4.69, 9.17) is 4.74 Å². The first-order valence-electron chi connectivity index (χ1n) is 7.65. The normalized spacial score (nSPS) is 16.4. The van der Waals surface area contributed by atoms with Gasteiger partial charge in [-0.1, -0.05) is 13.3 Å². The van der Waals surface area contributed by atoms with Crippen LogP contribution in [0.1, 0.15) is 38.9 Å². The second-order valence-corrected chi connectivity index (χ2v) is 5.25. The third-order valence-electron chi connectivity index (χ3n) is 3.97. The number of aromatic nitrogens is 2. The van der Waals surface area contributed by atoms with E-state index in [9.17, 15) is 0 Å². The topological polar surface area (TPSA) is 50.3 Å². The molecule has 1 aromatic heterocycles. The average Bonchev–Trinajstić information content (AvgIpc) is 2.52. The Morgan fingerprint density at radius 3 is 2.65 bits per heavy atom. The highest BCUT2D eigenvalue weighted by Gasteiger charge is 2.19. The van der Waals surface area contributed by atoms with Crippen LogP contribution in [0.3, 0.4) is 0 Å². The highest BCUT2D eigenvalue weighted by atomic mass is 16.5. The van der Waals surface area contributed by atoms with Gasteiger partial charge in [-0.15, -0.1) is 0 Å². The Morgan fingerprint density at radius 1 is 1.30 bits per heavy atom. The van der Waals surface area contributed by atoms with E-state index < -0.39 is 0 Å². The quantitative estimate of drug-likeness (QED) is 0.867. The SMILES string of the molecule is CCOCc1nc(NC)cc(N2CCC(CC)CC2)n1. The molecule has 20 heavy (non-hydrogen) atoms. The number of hydrogen-bond acceptors (Lipinski definition) is 5. The molecule has 1 saturated heterocycles. The molecule has 5 nitrogen and oxygen atoms in total. The van der Waals surface area contributed by atoms with Crippen molar-refractivity contribution in [1.82, 2.24) is 9.97 Å². The standard InChI is InChI=1S/C15H26N4O/c1-4-12-6-8-19(9-7-12)15-10-13(16-3)17-14(18-15)11-20-5-2/h10,12H,4-9,11H2,1-3H3,(H,16,17,18). The van der Waals surface area contributed by atoms with Gasteiger partial charge < -0.3 is 15.0 Å². The van der Waals surface area contributed by atoms with Crippen LogP contribution in [-0.2, 0) is 11.3 Å². The zero-order valence-corrected chi connectivity index (χ0v) is 12.9. The van der Waals surface area contributed by atoms with Crippen LogP contribution in [0.15, 0.2) is 6.07 Å². The summed E-state index contributed by atoms with van der Waals surface area (Å²) in [6.45, 7) is 7.61. The smallest absolute Gasteiger partial charge is 0.158 e. The Bertz CT molecular complexity index is 416.